The Balaban J connectivity index is 1.75. The van der Waals surface area contributed by atoms with Crippen LogP contribution in [0.15, 0.2) is 48.8 Å². The number of benzene rings is 1. The maximum absolute atomic E-state index is 6.04. The van der Waals surface area contributed by atoms with E-state index >= 15 is 0 Å². The molecule has 22 heavy (non-hydrogen) atoms. The van der Waals surface area contributed by atoms with Gasteiger partial charge < -0.3 is 15.4 Å². The molecule has 5 heteroatoms. The number of hydrogen-bond acceptors (Lipinski definition) is 3. The zero-order valence-corrected chi connectivity index (χ0v) is 13.5. The molecule has 2 N–H and O–H groups in total. The van der Waals surface area contributed by atoms with Crippen molar-refractivity contribution in [3.63, 3.8) is 0 Å². The van der Waals surface area contributed by atoms with E-state index in [1.54, 1.807) is 12.4 Å². The molecule has 0 saturated heterocycles. The highest BCUT2D eigenvalue weighted by Crippen LogP contribution is 2.39. The van der Waals surface area contributed by atoms with Crippen molar-refractivity contribution in [1.82, 2.24) is 10.3 Å². The Morgan fingerprint density at radius 1 is 1.27 bits per heavy atom. The lowest BCUT2D eigenvalue weighted by Crippen LogP contribution is -2.42. The molecule has 0 aliphatic carbocycles. The molecule has 1 aromatic heterocycles. The highest BCUT2D eigenvalue weighted by molar-refractivity contribution is 7.80. The molecule has 0 radical (unpaired) electrons. The van der Waals surface area contributed by atoms with Gasteiger partial charge in [-0.05, 0) is 44.3 Å². The third kappa shape index (κ3) is 3.36. The summed E-state index contributed by atoms with van der Waals surface area (Å²) in [6.07, 6.45) is 4.33. The topological polar surface area (TPSA) is 46.2 Å². The van der Waals surface area contributed by atoms with Crippen LogP contribution in [-0.2, 0) is 0 Å². The lowest BCUT2D eigenvalue weighted by Gasteiger charge is -2.38. The van der Waals surface area contributed by atoms with Gasteiger partial charge in [0.2, 0.25) is 0 Å². The SMILES string of the molecule is CC1(C)C[C@H](NC(=S)Nc2cccnc2)c2ccccc2O1. The minimum Gasteiger partial charge on any atom is -0.487 e. The van der Waals surface area contributed by atoms with E-state index in [0.717, 1.165) is 23.4 Å². The first kappa shape index (κ1) is 14.8. The van der Waals surface area contributed by atoms with Gasteiger partial charge in [0.1, 0.15) is 11.4 Å². The summed E-state index contributed by atoms with van der Waals surface area (Å²) in [5.41, 5.74) is 1.78. The van der Waals surface area contributed by atoms with Gasteiger partial charge in [-0.2, -0.15) is 0 Å². The number of thiocarbonyl (C=S) groups is 1. The van der Waals surface area contributed by atoms with Gasteiger partial charge in [0.25, 0.3) is 0 Å². The lowest BCUT2D eigenvalue weighted by molar-refractivity contribution is 0.0697. The van der Waals surface area contributed by atoms with E-state index in [-0.39, 0.29) is 11.6 Å². The maximum atomic E-state index is 6.04. The number of pyridine rings is 1. The van der Waals surface area contributed by atoms with E-state index in [4.69, 9.17) is 17.0 Å². The van der Waals surface area contributed by atoms with Crippen LogP contribution >= 0.6 is 12.2 Å². The second kappa shape index (κ2) is 5.93. The standard InChI is InChI=1S/C17H19N3OS/c1-17(2)10-14(13-7-3-4-8-15(13)21-17)20-16(22)19-12-6-5-9-18-11-12/h3-9,11,14H,10H2,1-2H3,(H2,19,20,22)/t14-/m0/s1. The molecule has 1 aliphatic rings. The molecule has 0 spiro atoms. The van der Waals surface area contributed by atoms with Gasteiger partial charge in [-0.3, -0.25) is 4.98 Å². The average molecular weight is 313 g/mol. The fourth-order valence-corrected chi connectivity index (χ4v) is 2.95. The minimum atomic E-state index is -0.226. The zero-order valence-electron chi connectivity index (χ0n) is 12.7. The fraction of sp³-hybridized carbons (Fsp3) is 0.294. The predicted molar refractivity (Wildman–Crippen MR) is 92.1 cm³/mol. The molecule has 1 aromatic carbocycles. The Morgan fingerprint density at radius 2 is 2.09 bits per heavy atom. The predicted octanol–water partition coefficient (Wildman–Crippen LogP) is 3.67. The van der Waals surface area contributed by atoms with Crippen molar-refractivity contribution < 1.29 is 4.74 Å². The second-order valence-corrected chi connectivity index (χ2v) is 6.40. The number of ether oxygens (including phenoxy) is 1. The van der Waals surface area contributed by atoms with Crippen molar-refractivity contribution in [3.8, 4) is 5.75 Å². The Morgan fingerprint density at radius 3 is 2.86 bits per heavy atom. The van der Waals surface area contributed by atoms with Crippen LogP contribution in [0.2, 0.25) is 0 Å². The van der Waals surface area contributed by atoms with Crippen LogP contribution in [-0.4, -0.2) is 15.7 Å². The third-order valence-corrected chi connectivity index (χ3v) is 3.82. The molecule has 0 unspecified atom stereocenters. The van der Waals surface area contributed by atoms with Crippen molar-refractivity contribution >= 4 is 23.0 Å². The molecule has 0 fully saturated rings. The highest BCUT2D eigenvalue weighted by Gasteiger charge is 2.33. The number of anilines is 1. The van der Waals surface area contributed by atoms with Gasteiger partial charge in [0.15, 0.2) is 5.11 Å². The minimum absolute atomic E-state index is 0.122. The molecule has 1 atom stereocenters. The molecule has 3 rings (SSSR count). The smallest absolute Gasteiger partial charge is 0.171 e. The largest absolute Gasteiger partial charge is 0.487 e. The number of para-hydroxylation sites is 1. The van der Waals surface area contributed by atoms with E-state index in [1.165, 1.54) is 0 Å². The number of rotatable bonds is 2. The molecule has 0 saturated carbocycles. The van der Waals surface area contributed by atoms with E-state index in [1.807, 2.05) is 30.3 Å². The van der Waals surface area contributed by atoms with Crippen molar-refractivity contribution in [2.75, 3.05) is 5.32 Å². The van der Waals surface area contributed by atoms with Crippen molar-refractivity contribution in [3.05, 3.63) is 54.4 Å². The van der Waals surface area contributed by atoms with Crippen LogP contribution in [0.3, 0.4) is 0 Å². The Kier molecular flexibility index (Phi) is 3.98. The zero-order chi connectivity index (χ0) is 15.6. The van der Waals surface area contributed by atoms with Gasteiger partial charge in [-0.1, -0.05) is 18.2 Å². The molecular formula is C17H19N3OS. The summed E-state index contributed by atoms with van der Waals surface area (Å²) < 4.78 is 6.04. The summed E-state index contributed by atoms with van der Waals surface area (Å²) in [7, 11) is 0. The molecule has 2 aromatic rings. The second-order valence-electron chi connectivity index (χ2n) is 6.00. The molecule has 1 aliphatic heterocycles. The number of nitrogens with one attached hydrogen (secondary N) is 2. The number of fused-ring (bicyclic) bond motifs is 1. The highest BCUT2D eigenvalue weighted by atomic mass is 32.1. The number of nitrogens with zero attached hydrogens (tertiary/aromatic N) is 1. The van der Waals surface area contributed by atoms with Crippen LogP contribution in [0.4, 0.5) is 5.69 Å². The summed E-state index contributed by atoms with van der Waals surface area (Å²) in [6, 6.07) is 12.0. The van der Waals surface area contributed by atoms with Gasteiger partial charge in [0.05, 0.1) is 17.9 Å². The summed E-state index contributed by atoms with van der Waals surface area (Å²) >= 11 is 5.43. The Hall–Kier alpha value is -2.14. The quantitative estimate of drug-likeness (QED) is 0.828. The summed E-state index contributed by atoms with van der Waals surface area (Å²) in [5.74, 6) is 0.917. The lowest BCUT2D eigenvalue weighted by atomic mass is 9.90. The first-order valence-corrected chi connectivity index (χ1v) is 7.70. The fourth-order valence-electron chi connectivity index (χ4n) is 2.69. The third-order valence-electron chi connectivity index (χ3n) is 3.60. The van der Waals surface area contributed by atoms with E-state index in [9.17, 15) is 0 Å². The maximum Gasteiger partial charge on any atom is 0.171 e. The van der Waals surface area contributed by atoms with Gasteiger partial charge in [-0.25, -0.2) is 0 Å². The average Bonchev–Trinajstić information content (AvgIpc) is 2.47. The molecule has 2 heterocycles. The van der Waals surface area contributed by atoms with Crippen LogP contribution in [0.25, 0.3) is 0 Å². The van der Waals surface area contributed by atoms with Crippen LogP contribution in [0.1, 0.15) is 31.9 Å². The molecule has 0 bridgehead atoms. The van der Waals surface area contributed by atoms with Crippen LogP contribution in [0.5, 0.6) is 5.75 Å². The monoisotopic (exact) mass is 313 g/mol. The van der Waals surface area contributed by atoms with Crippen LogP contribution < -0.4 is 15.4 Å². The molecule has 114 valence electrons. The van der Waals surface area contributed by atoms with E-state index < -0.39 is 0 Å². The number of hydrogen-bond donors (Lipinski definition) is 2. The first-order valence-electron chi connectivity index (χ1n) is 7.29. The normalized spacial score (nSPS) is 18.7. The van der Waals surface area contributed by atoms with Gasteiger partial charge >= 0.3 is 0 Å². The molecular weight excluding hydrogens is 294 g/mol. The van der Waals surface area contributed by atoms with Crippen LogP contribution in [0, 0.1) is 0 Å². The first-order chi connectivity index (χ1) is 10.5. The van der Waals surface area contributed by atoms with E-state index in [0.29, 0.717) is 5.11 Å². The Labute approximate surface area is 135 Å². The van der Waals surface area contributed by atoms with Crippen molar-refractivity contribution in [2.24, 2.45) is 0 Å². The molecule has 4 nitrogen and oxygen atoms in total. The summed E-state index contributed by atoms with van der Waals surface area (Å²) in [6.45, 7) is 4.18. The van der Waals surface area contributed by atoms with Gasteiger partial charge in [0, 0.05) is 18.2 Å². The van der Waals surface area contributed by atoms with E-state index in [2.05, 4.69) is 35.5 Å². The van der Waals surface area contributed by atoms with Crippen molar-refractivity contribution in [1.29, 1.82) is 0 Å². The van der Waals surface area contributed by atoms with Crippen molar-refractivity contribution in [2.45, 2.75) is 31.9 Å². The summed E-state index contributed by atoms with van der Waals surface area (Å²) in [4.78, 5) is 4.07. The Bertz CT molecular complexity index is 673. The number of aromatic nitrogens is 1. The summed E-state index contributed by atoms with van der Waals surface area (Å²) in [5, 5.41) is 7.14. The molecule has 0 amide bonds. The van der Waals surface area contributed by atoms with Gasteiger partial charge in [-0.15, -0.1) is 0 Å².